The fourth-order valence-corrected chi connectivity index (χ4v) is 3.92. The highest BCUT2D eigenvalue weighted by molar-refractivity contribution is 6.32. The summed E-state index contributed by atoms with van der Waals surface area (Å²) in [4.78, 5) is 14.7. The number of nitrogens with one attached hydrogen (secondary N) is 1. The summed E-state index contributed by atoms with van der Waals surface area (Å²) in [6, 6.07) is 12.0. The number of nitrogens with zero attached hydrogens (tertiary/aromatic N) is 1. The van der Waals surface area contributed by atoms with Crippen molar-refractivity contribution in [1.82, 2.24) is 10.2 Å². The van der Waals surface area contributed by atoms with Gasteiger partial charge in [0.25, 0.3) is 0 Å². The maximum atomic E-state index is 12.1. The molecule has 2 aliphatic rings. The number of rotatable bonds is 6. The molecule has 5 nitrogen and oxygen atoms in total. The lowest BCUT2D eigenvalue weighted by Crippen LogP contribution is -2.29. The zero-order valence-electron chi connectivity index (χ0n) is 16.3. The smallest absolute Gasteiger partial charge is 0.244 e. The van der Waals surface area contributed by atoms with Crippen molar-refractivity contribution in [2.45, 2.75) is 32.4 Å². The molecule has 6 heteroatoms. The third kappa shape index (κ3) is 5.31. The number of hydrogen-bond donors (Lipinski definition) is 1. The molecule has 2 aliphatic heterocycles. The molecule has 1 N–H and O–H groups in total. The topological polar surface area (TPSA) is 50.8 Å². The van der Waals surface area contributed by atoms with E-state index in [-0.39, 0.29) is 12.7 Å². The standard InChI is InChI=1S/C23H25ClN2O3/c24-20-12-19(13-21-23(20)29-16-28-21)8-9-22(27)25-14-17-4-6-18(7-5-17)15-26-10-2-1-3-11-26/h4-9,12-13H,1-3,10-11,14-16H2,(H,25,27)/b9-8+. The van der Waals surface area contributed by atoms with Crippen LogP contribution in [0.3, 0.4) is 0 Å². The summed E-state index contributed by atoms with van der Waals surface area (Å²) in [6.07, 6.45) is 7.17. The third-order valence-electron chi connectivity index (χ3n) is 5.22. The minimum Gasteiger partial charge on any atom is -0.454 e. The van der Waals surface area contributed by atoms with Crippen LogP contribution in [-0.2, 0) is 17.9 Å². The first-order valence-electron chi connectivity index (χ1n) is 10.0. The molecule has 1 saturated heterocycles. The molecule has 0 unspecified atom stereocenters. The number of ether oxygens (including phenoxy) is 2. The van der Waals surface area contributed by atoms with Gasteiger partial charge in [-0.15, -0.1) is 0 Å². The zero-order valence-corrected chi connectivity index (χ0v) is 17.1. The summed E-state index contributed by atoms with van der Waals surface area (Å²) >= 11 is 6.16. The lowest BCUT2D eigenvalue weighted by atomic mass is 10.1. The molecule has 152 valence electrons. The van der Waals surface area contributed by atoms with E-state index in [9.17, 15) is 4.79 Å². The second-order valence-corrected chi connectivity index (χ2v) is 7.85. The van der Waals surface area contributed by atoms with Gasteiger partial charge in [-0.05, 0) is 60.8 Å². The summed E-state index contributed by atoms with van der Waals surface area (Å²) in [5.74, 6) is 0.996. The molecule has 29 heavy (non-hydrogen) atoms. The molecule has 2 aromatic rings. The van der Waals surface area contributed by atoms with Gasteiger partial charge in [0.05, 0.1) is 5.02 Å². The molecule has 1 amide bonds. The van der Waals surface area contributed by atoms with Crippen LogP contribution >= 0.6 is 11.6 Å². The zero-order chi connectivity index (χ0) is 20.1. The molecule has 2 heterocycles. The number of amides is 1. The van der Waals surface area contributed by atoms with Crippen LogP contribution in [0.4, 0.5) is 0 Å². The van der Waals surface area contributed by atoms with Gasteiger partial charge in [-0.3, -0.25) is 9.69 Å². The molecule has 0 aliphatic carbocycles. The number of piperidine rings is 1. The summed E-state index contributed by atoms with van der Waals surface area (Å²) in [6.45, 7) is 4.06. The van der Waals surface area contributed by atoms with Gasteiger partial charge in [-0.2, -0.15) is 0 Å². The predicted octanol–water partition coefficient (Wildman–Crippen LogP) is 4.38. The Morgan fingerprint density at radius 3 is 2.62 bits per heavy atom. The highest BCUT2D eigenvalue weighted by Gasteiger charge is 2.17. The SMILES string of the molecule is O=C(/C=C/c1cc(Cl)c2c(c1)OCO2)NCc1ccc(CN2CCCCC2)cc1. The van der Waals surface area contributed by atoms with E-state index in [0.717, 1.165) is 17.7 Å². The van der Waals surface area contributed by atoms with E-state index in [0.29, 0.717) is 23.1 Å². The van der Waals surface area contributed by atoms with Crippen molar-refractivity contribution in [2.75, 3.05) is 19.9 Å². The Kier molecular flexibility index (Phi) is 6.37. The number of hydrogen-bond acceptors (Lipinski definition) is 4. The van der Waals surface area contributed by atoms with Gasteiger partial charge in [0.15, 0.2) is 11.5 Å². The number of likely N-dealkylation sites (tertiary alicyclic amines) is 1. The van der Waals surface area contributed by atoms with Gasteiger partial charge in [-0.1, -0.05) is 42.3 Å². The molecule has 0 atom stereocenters. The van der Waals surface area contributed by atoms with Crippen LogP contribution in [0.25, 0.3) is 6.08 Å². The Balaban J connectivity index is 1.27. The first-order valence-corrected chi connectivity index (χ1v) is 10.4. The molecule has 1 fully saturated rings. The summed E-state index contributed by atoms with van der Waals surface area (Å²) < 4.78 is 10.6. The molecule has 2 aromatic carbocycles. The van der Waals surface area contributed by atoms with Crippen LogP contribution < -0.4 is 14.8 Å². The minimum absolute atomic E-state index is 0.156. The van der Waals surface area contributed by atoms with Crippen LogP contribution in [0.5, 0.6) is 11.5 Å². The van der Waals surface area contributed by atoms with Crippen molar-refractivity contribution >= 4 is 23.6 Å². The van der Waals surface area contributed by atoms with Crippen LogP contribution in [0.2, 0.25) is 5.02 Å². The van der Waals surface area contributed by atoms with E-state index in [1.165, 1.54) is 44.0 Å². The van der Waals surface area contributed by atoms with Crippen molar-refractivity contribution in [1.29, 1.82) is 0 Å². The Hall–Kier alpha value is -2.50. The summed E-state index contributed by atoms with van der Waals surface area (Å²) in [7, 11) is 0. The molecule has 0 aromatic heterocycles. The number of benzene rings is 2. The molecule has 0 saturated carbocycles. The number of carbonyl (C=O) groups excluding carboxylic acids is 1. The van der Waals surface area contributed by atoms with E-state index < -0.39 is 0 Å². The van der Waals surface area contributed by atoms with Gasteiger partial charge >= 0.3 is 0 Å². The average molecular weight is 413 g/mol. The Bertz CT molecular complexity index is 890. The highest BCUT2D eigenvalue weighted by Crippen LogP contribution is 2.40. The second-order valence-electron chi connectivity index (χ2n) is 7.44. The number of carbonyl (C=O) groups is 1. The lowest BCUT2D eigenvalue weighted by molar-refractivity contribution is -0.116. The largest absolute Gasteiger partial charge is 0.454 e. The summed E-state index contributed by atoms with van der Waals surface area (Å²) in [5, 5.41) is 3.39. The van der Waals surface area contributed by atoms with Crippen molar-refractivity contribution in [3.63, 3.8) is 0 Å². The highest BCUT2D eigenvalue weighted by atomic mass is 35.5. The molecule has 4 rings (SSSR count). The average Bonchev–Trinajstić information content (AvgIpc) is 3.22. The monoisotopic (exact) mass is 412 g/mol. The van der Waals surface area contributed by atoms with Gasteiger partial charge in [0.1, 0.15) is 0 Å². The Morgan fingerprint density at radius 1 is 1.07 bits per heavy atom. The summed E-state index contributed by atoms with van der Waals surface area (Å²) in [5.41, 5.74) is 3.19. The van der Waals surface area contributed by atoms with E-state index >= 15 is 0 Å². The first-order chi connectivity index (χ1) is 14.2. The van der Waals surface area contributed by atoms with Crippen molar-refractivity contribution in [3.8, 4) is 11.5 Å². The predicted molar refractivity (Wildman–Crippen MR) is 114 cm³/mol. The lowest BCUT2D eigenvalue weighted by Gasteiger charge is -2.26. The normalized spacial score (nSPS) is 16.3. The molecular formula is C23H25ClN2O3. The van der Waals surface area contributed by atoms with Gasteiger partial charge in [-0.25, -0.2) is 0 Å². The van der Waals surface area contributed by atoms with Crippen LogP contribution in [0.15, 0.2) is 42.5 Å². The van der Waals surface area contributed by atoms with Gasteiger partial charge in [0, 0.05) is 19.2 Å². The Labute approximate surface area is 176 Å². The molecule has 0 bridgehead atoms. The van der Waals surface area contributed by atoms with E-state index in [2.05, 4.69) is 34.5 Å². The first kappa shape index (κ1) is 19.8. The van der Waals surface area contributed by atoms with E-state index in [1.54, 1.807) is 18.2 Å². The fraction of sp³-hybridized carbons (Fsp3) is 0.348. The third-order valence-corrected chi connectivity index (χ3v) is 5.50. The second kappa shape index (κ2) is 9.33. The minimum atomic E-state index is -0.156. The van der Waals surface area contributed by atoms with Crippen molar-refractivity contribution < 1.29 is 14.3 Å². The number of halogens is 1. The molecule has 0 spiro atoms. The fourth-order valence-electron chi connectivity index (χ4n) is 3.64. The van der Waals surface area contributed by atoms with Crippen LogP contribution in [-0.4, -0.2) is 30.7 Å². The van der Waals surface area contributed by atoms with Crippen LogP contribution in [0.1, 0.15) is 36.0 Å². The van der Waals surface area contributed by atoms with E-state index in [1.807, 2.05) is 0 Å². The Morgan fingerprint density at radius 2 is 1.83 bits per heavy atom. The quantitative estimate of drug-likeness (QED) is 0.715. The molecular weight excluding hydrogens is 388 g/mol. The van der Waals surface area contributed by atoms with Crippen molar-refractivity contribution in [3.05, 3.63) is 64.2 Å². The number of fused-ring (bicyclic) bond motifs is 1. The van der Waals surface area contributed by atoms with E-state index in [4.69, 9.17) is 21.1 Å². The maximum absolute atomic E-state index is 12.1. The maximum Gasteiger partial charge on any atom is 0.244 e. The van der Waals surface area contributed by atoms with Gasteiger partial charge in [0.2, 0.25) is 12.7 Å². The van der Waals surface area contributed by atoms with Gasteiger partial charge < -0.3 is 14.8 Å². The van der Waals surface area contributed by atoms with Crippen LogP contribution in [0, 0.1) is 0 Å². The van der Waals surface area contributed by atoms with Crippen molar-refractivity contribution in [2.24, 2.45) is 0 Å². The molecule has 0 radical (unpaired) electrons.